The first kappa shape index (κ1) is 9.31. The van der Waals surface area contributed by atoms with Crippen LogP contribution in [0.5, 0.6) is 0 Å². The Labute approximate surface area is 97.6 Å². The molecule has 0 atom stereocenters. The lowest BCUT2D eigenvalue weighted by atomic mass is 9.97. The number of fused-ring (bicyclic) bond motifs is 2. The highest BCUT2D eigenvalue weighted by atomic mass is 16.3. The molecule has 1 saturated carbocycles. The summed E-state index contributed by atoms with van der Waals surface area (Å²) < 4.78 is 11.1. The molecule has 17 heavy (non-hydrogen) atoms. The molecule has 1 aliphatic rings. The van der Waals surface area contributed by atoms with E-state index >= 15 is 0 Å². The highest BCUT2D eigenvalue weighted by Crippen LogP contribution is 2.51. The maximum Gasteiger partial charge on any atom is 0.141 e. The van der Waals surface area contributed by atoms with Crippen molar-refractivity contribution in [2.24, 2.45) is 0 Å². The van der Waals surface area contributed by atoms with Gasteiger partial charge in [0.1, 0.15) is 11.2 Å². The Morgan fingerprint density at radius 1 is 1.06 bits per heavy atom. The zero-order chi connectivity index (χ0) is 11.6. The van der Waals surface area contributed by atoms with E-state index in [2.05, 4.69) is 0 Å². The van der Waals surface area contributed by atoms with Crippen molar-refractivity contribution in [1.29, 1.82) is 0 Å². The quantitative estimate of drug-likeness (QED) is 0.693. The van der Waals surface area contributed by atoms with Crippen LogP contribution >= 0.6 is 0 Å². The molecule has 0 radical (unpaired) electrons. The molecule has 86 valence electrons. The topological polar surface area (TPSA) is 46.5 Å². The second-order valence-corrected chi connectivity index (χ2v) is 4.86. The number of aliphatic hydroxyl groups is 1. The van der Waals surface area contributed by atoms with Gasteiger partial charge in [-0.05, 0) is 31.9 Å². The first-order valence-corrected chi connectivity index (χ1v) is 5.80. The maximum atomic E-state index is 10.4. The molecule has 2 aromatic heterocycles. The molecule has 0 aliphatic heterocycles. The highest BCUT2D eigenvalue weighted by Gasteiger charge is 2.46. The summed E-state index contributed by atoms with van der Waals surface area (Å²) in [5.41, 5.74) is 2.91. The van der Waals surface area contributed by atoms with Crippen LogP contribution in [0.2, 0.25) is 0 Å². The maximum absolute atomic E-state index is 10.4. The minimum Gasteiger partial charge on any atom is -0.464 e. The number of hydrogen-bond donors (Lipinski definition) is 1. The van der Waals surface area contributed by atoms with E-state index in [0.29, 0.717) is 0 Å². The Morgan fingerprint density at radius 2 is 1.71 bits per heavy atom. The Kier molecular flexibility index (Phi) is 1.50. The fourth-order valence-electron chi connectivity index (χ4n) is 2.67. The van der Waals surface area contributed by atoms with Crippen molar-refractivity contribution in [3.63, 3.8) is 0 Å². The van der Waals surface area contributed by atoms with Gasteiger partial charge in [-0.2, -0.15) is 0 Å². The zero-order valence-electron chi connectivity index (χ0n) is 9.49. The molecule has 1 fully saturated rings. The van der Waals surface area contributed by atoms with Crippen molar-refractivity contribution in [3.05, 3.63) is 35.8 Å². The third-order valence-electron chi connectivity index (χ3n) is 3.76. The molecule has 3 heteroatoms. The molecule has 1 N–H and O–H groups in total. The first-order valence-electron chi connectivity index (χ1n) is 5.80. The molecule has 4 rings (SSSR count). The summed E-state index contributed by atoms with van der Waals surface area (Å²) in [5.74, 6) is 0. The van der Waals surface area contributed by atoms with E-state index in [9.17, 15) is 5.11 Å². The lowest BCUT2D eigenvalue weighted by Gasteiger charge is -2.11. The van der Waals surface area contributed by atoms with Gasteiger partial charge >= 0.3 is 0 Å². The smallest absolute Gasteiger partial charge is 0.141 e. The van der Waals surface area contributed by atoms with E-state index < -0.39 is 5.60 Å². The van der Waals surface area contributed by atoms with Crippen molar-refractivity contribution < 1.29 is 13.9 Å². The van der Waals surface area contributed by atoms with E-state index in [0.717, 1.165) is 45.9 Å². The third-order valence-corrected chi connectivity index (χ3v) is 3.76. The van der Waals surface area contributed by atoms with Gasteiger partial charge in [-0.25, -0.2) is 0 Å². The normalized spacial score (nSPS) is 18.0. The molecule has 3 aromatic rings. The SMILES string of the molecule is Cc1c2ccoc2c(C2(O)CC2)c2ccoc12. The van der Waals surface area contributed by atoms with Crippen LogP contribution in [0.3, 0.4) is 0 Å². The molecule has 2 heterocycles. The van der Waals surface area contributed by atoms with Crippen LogP contribution in [0.25, 0.3) is 21.9 Å². The Morgan fingerprint density at radius 3 is 2.41 bits per heavy atom. The lowest BCUT2D eigenvalue weighted by Crippen LogP contribution is -2.05. The number of aryl methyl sites for hydroxylation is 1. The van der Waals surface area contributed by atoms with Crippen molar-refractivity contribution in [1.82, 2.24) is 0 Å². The summed E-state index contributed by atoms with van der Waals surface area (Å²) >= 11 is 0. The predicted molar refractivity (Wildman–Crippen MR) is 63.9 cm³/mol. The summed E-state index contributed by atoms with van der Waals surface area (Å²) in [4.78, 5) is 0. The molecule has 1 aromatic carbocycles. The summed E-state index contributed by atoms with van der Waals surface area (Å²) in [7, 11) is 0. The largest absolute Gasteiger partial charge is 0.464 e. The van der Waals surface area contributed by atoms with Gasteiger partial charge < -0.3 is 13.9 Å². The summed E-state index contributed by atoms with van der Waals surface area (Å²) in [6.45, 7) is 2.02. The monoisotopic (exact) mass is 228 g/mol. The molecule has 0 spiro atoms. The van der Waals surface area contributed by atoms with Gasteiger partial charge in [0.25, 0.3) is 0 Å². The second kappa shape index (κ2) is 2.74. The minimum atomic E-state index is -0.716. The van der Waals surface area contributed by atoms with E-state index in [-0.39, 0.29) is 0 Å². The molecule has 0 bridgehead atoms. The third kappa shape index (κ3) is 1.05. The van der Waals surface area contributed by atoms with Crippen molar-refractivity contribution in [2.75, 3.05) is 0 Å². The predicted octanol–water partition coefficient (Wildman–Crippen LogP) is 3.47. The van der Waals surface area contributed by atoms with Gasteiger partial charge in [0, 0.05) is 21.9 Å². The van der Waals surface area contributed by atoms with Crippen LogP contribution in [-0.4, -0.2) is 5.11 Å². The Hall–Kier alpha value is -1.74. The number of furan rings is 2. The van der Waals surface area contributed by atoms with Crippen LogP contribution in [0.15, 0.2) is 33.5 Å². The van der Waals surface area contributed by atoms with Gasteiger partial charge in [-0.3, -0.25) is 0 Å². The van der Waals surface area contributed by atoms with Crippen LogP contribution in [0, 0.1) is 6.92 Å². The van der Waals surface area contributed by atoms with Gasteiger partial charge in [0.2, 0.25) is 0 Å². The van der Waals surface area contributed by atoms with E-state index in [4.69, 9.17) is 8.83 Å². The van der Waals surface area contributed by atoms with Gasteiger partial charge in [0.15, 0.2) is 0 Å². The molecular formula is C14H12O3. The van der Waals surface area contributed by atoms with Crippen molar-refractivity contribution in [3.8, 4) is 0 Å². The molecule has 0 amide bonds. The van der Waals surface area contributed by atoms with E-state index in [1.54, 1.807) is 12.5 Å². The fourth-order valence-corrected chi connectivity index (χ4v) is 2.67. The summed E-state index contributed by atoms with van der Waals surface area (Å²) in [6, 6.07) is 3.85. The number of rotatable bonds is 1. The van der Waals surface area contributed by atoms with Crippen LogP contribution in [-0.2, 0) is 5.60 Å². The van der Waals surface area contributed by atoms with Crippen molar-refractivity contribution in [2.45, 2.75) is 25.4 Å². The van der Waals surface area contributed by atoms with Gasteiger partial charge in [0.05, 0.1) is 18.1 Å². The van der Waals surface area contributed by atoms with E-state index in [1.165, 1.54) is 0 Å². The van der Waals surface area contributed by atoms with Gasteiger partial charge in [-0.1, -0.05) is 0 Å². The minimum absolute atomic E-state index is 0.716. The summed E-state index contributed by atoms with van der Waals surface area (Å²) in [5, 5.41) is 12.4. The number of benzene rings is 1. The summed E-state index contributed by atoms with van der Waals surface area (Å²) in [6.07, 6.45) is 4.94. The molecule has 0 unspecified atom stereocenters. The standard InChI is InChI=1S/C14H12O3/c1-8-9-2-6-17-13(9)11(14(15)4-5-14)10-3-7-16-12(8)10/h2-3,6-7,15H,4-5H2,1H3. The average molecular weight is 228 g/mol. The molecular weight excluding hydrogens is 216 g/mol. The fraction of sp³-hybridized carbons (Fsp3) is 0.286. The zero-order valence-corrected chi connectivity index (χ0v) is 9.49. The highest BCUT2D eigenvalue weighted by molar-refractivity contribution is 6.02. The first-order chi connectivity index (χ1) is 8.21. The Balaban J connectivity index is 2.29. The van der Waals surface area contributed by atoms with Crippen molar-refractivity contribution >= 4 is 21.9 Å². The van der Waals surface area contributed by atoms with Gasteiger partial charge in [-0.15, -0.1) is 0 Å². The van der Waals surface area contributed by atoms with E-state index in [1.807, 2.05) is 19.1 Å². The lowest BCUT2D eigenvalue weighted by molar-refractivity contribution is 0.153. The molecule has 3 nitrogen and oxygen atoms in total. The molecule has 1 aliphatic carbocycles. The Bertz CT molecular complexity index is 677. The number of hydrogen-bond acceptors (Lipinski definition) is 3. The second-order valence-electron chi connectivity index (χ2n) is 4.86. The molecule has 0 saturated heterocycles. The van der Waals surface area contributed by atoms with Crippen LogP contribution in [0.1, 0.15) is 24.0 Å². The average Bonchev–Trinajstić information content (AvgIpc) is 2.79. The van der Waals surface area contributed by atoms with Crippen LogP contribution in [0.4, 0.5) is 0 Å². The van der Waals surface area contributed by atoms with Crippen LogP contribution < -0.4 is 0 Å².